The molecule has 2 aromatic rings. The van der Waals surface area contributed by atoms with Crippen LogP contribution in [0.5, 0.6) is 0 Å². The number of anilines is 1. The molecule has 1 unspecified atom stereocenters. The molecule has 2 rings (SSSR count). The summed E-state index contributed by atoms with van der Waals surface area (Å²) in [6, 6.07) is 9.47. The maximum absolute atomic E-state index is 14.1. The lowest BCUT2D eigenvalue weighted by molar-refractivity contribution is 0.594. The lowest BCUT2D eigenvalue weighted by Gasteiger charge is -2.17. The summed E-state index contributed by atoms with van der Waals surface area (Å²) < 4.78 is 14.1. The molecule has 0 saturated heterocycles. The Morgan fingerprint density at radius 2 is 2.00 bits per heavy atom. The van der Waals surface area contributed by atoms with Gasteiger partial charge in [0, 0.05) is 5.88 Å². The van der Waals surface area contributed by atoms with E-state index in [1.54, 1.807) is 0 Å². The van der Waals surface area contributed by atoms with Gasteiger partial charge in [0.2, 0.25) is 0 Å². The van der Waals surface area contributed by atoms with Gasteiger partial charge in [-0.15, -0.1) is 11.6 Å². The number of rotatable bonds is 5. The first kappa shape index (κ1) is 13.7. The van der Waals surface area contributed by atoms with Crippen LogP contribution in [-0.2, 0) is 6.42 Å². The largest absolute Gasteiger partial charge is 0.360 e. The van der Waals surface area contributed by atoms with E-state index < -0.39 is 5.82 Å². The van der Waals surface area contributed by atoms with Crippen molar-refractivity contribution < 1.29 is 4.39 Å². The van der Waals surface area contributed by atoms with Crippen LogP contribution in [0.3, 0.4) is 0 Å². The number of aromatic nitrogens is 2. The van der Waals surface area contributed by atoms with Crippen LogP contribution >= 0.6 is 11.6 Å². The van der Waals surface area contributed by atoms with E-state index in [2.05, 4.69) is 15.3 Å². The van der Waals surface area contributed by atoms with Gasteiger partial charge in [0.05, 0.1) is 11.7 Å². The molecule has 0 fully saturated rings. The van der Waals surface area contributed by atoms with Crippen molar-refractivity contribution in [3.63, 3.8) is 0 Å². The first-order valence-corrected chi connectivity index (χ1v) is 6.66. The third-order valence-corrected chi connectivity index (χ3v) is 3.17. The Bertz CT molecular complexity index is 533. The molecule has 0 saturated carbocycles. The van der Waals surface area contributed by atoms with Crippen molar-refractivity contribution in [2.75, 3.05) is 11.2 Å². The highest BCUT2D eigenvalue weighted by Gasteiger charge is 2.15. The van der Waals surface area contributed by atoms with Crippen molar-refractivity contribution in [1.29, 1.82) is 0 Å². The molecule has 0 spiro atoms. The molecule has 0 amide bonds. The van der Waals surface area contributed by atoms with Gasteiger partial charge in [-0.3, -0.25) is 0 Å². The van der Waals surface area contributed by atoms with E-state index >= 15 is 0 Å². The van der Waals surface area contributed by atoms with E-state index in [0.717, 1.165) is 5.56 Å². The number of nitrogens with one attached hydrogen (secondary N) is 1. The summed E-state index contributed by atoms with van der Waals surface area (Å²) in [5.74, 6) is 0.118. The van der Waals surface area contributed by atoms with E-state index in [0.29, 0.717) is 18.0 Å². The molecule has 1 aromatic carbocycles. The van der Waals surface area contributed by atoms with Gasteiger partial charge in [0.15, 0.2) is 11.6 Å². The topological polar surface area (TPSA) is 37.8 Å². The molecule has 100 valence electrons. The van der Waals surface area contributed by atoms with E-state index in [9.17, 15) is 4.39 Å². The van der Waals surface area contributed by atoms with Crippen LogP contribution in [0, 0.1) is 5.82 Å². The highest BCUT2D eigenvalue weighted by atomic mass is 35.5. The number of benzene rings is 1. The third kappa shape index (κ3) is 3.20. The van der Waals surface area contributed by atoms with Crippen LogP contribution in [0.4, 0.5) is 10.2 Å². The van der Waals surface area contributed by atoms with Gasteiger partial charge in [0.1, 0.15) is 6.33 Å². The molecule has 0 aliphatic heterocycles. The number of hydrogen-bond acceptors (Lipinski definition) is 3. The second-order valence-corrected chi connectivity index (χ2v) is 4.41. The highest BCUT2D eigenvalue weighted by Crippen LogP contribution is 2.22. The van der Waals surface area contributed by atoms with Crippen molar-refractivity contribution in [2.45, 2.75) is 19.4 Å². The molecular formula is C14H15ClFN3. The minimum atomic E-state index is -0.406. The molecule has 0 radical (unpaired) electrons. The number of hydrogen-bond donors (Lipinski definition) is 1. The molecule has 0 aliphatic rings. The number of aryl methyl sites for hydroxylation is 1. The van der Waals surface area contributed by atoms with Crippen molar-refractivity contribution in [1.82, 2.24) is 9.97 Å². The van der Waals surface area contributed by atoms with E-state index in [1.165, 1.54) is 6.33 Å². The SMILES string of the molecule is CCc1ncnc(NC(CCl)c2ccccc2)c1F. The predicted octanol–water partition coefficient (Wildman–Crippen LogP) is 3.57. The van der Waals surface area contributed by atoms with E-state index in [4.69, 9.17) is 11.6 Å². The second kappa shape index (κ2) is 6.48. The molecule has 0 aliphatic carbocycles. The van der Waals surface area contributed by atoms with Crippen LogP contribution in [0.2, 0.25) is 0 Å². The van der Waals surface area contributed by atoms with Crippen LogP contribution in [-0.4, -0.2) is 15.8 Å². The normalized spacial score (nSPS) is 12.2. The molecular weight excluding hydrogens is 265 g/mol. The third-order valence-electron chi connectivity index (χ3n) is 2.86. The number of halogens is 2. The molecule has 1 atom stereocenters. The van der Waals surface area contributed by atoms with E-state index in [-0.39, 0.29) is 11.9 Å². The number of alkyl halides is 1. The van der Waals surface area contributed by atoms with Crippen molar-refractivity contribution in [3.8, 4) is 0 Å². The Kier molecular flexibility index (Phi) is 4.68. The average Bonchev–Trinajstić information content (AvgIpc) is 2.47. The quantitative estimate of drug-likeness (QED) is 0.850. The number of nitrogens with zero attached hydrogens (tertiary/aromatic N) is 2. The zero-order valence-corrected chi connectivity index (χ0v) is 11.4. The zero-order chi connectivity index (χ0) is 13.7. The van der Waals surface area contributed by atoms with Gasteiger partial charge in [0.25, 0.3) is 0 Å². The first-order valence-electron chi connectivity index (χ1n) is 6.13. The summed E-state index contributed by atoms with van der Waals surface area (Å²) >= 11 is 5.95. The Hall–Kier alpha value is -1.68. The van der Waals surface area contributed by atoms with Crippen LogP contribution < -0.4 is 5.32 Å². The predicted molar refractivity (Wildman–Crippen MR) is 74.9 cm³/mol. The summed E-state index contributed by atoms with van der Waals surface area (Å²) in [7, 11) is 0. The van der Waals surface area contributed by atoms with Gasteiger partial charge in [-0.2, -0.15) is 0 Å². The molecule has 0 bridgehead atoms. The lowest BCUT2D eigenvalue weighted by atomic mass is 10.1. The molecule has 3 nitrogen and oxygen atoms in total. The summed E-state index contributed by atoms with van der Waals surface area (Å²) in [4.78, 5) is 7.85. The Morgan fingerprint density at radius 3 is 2.63 bits per heavy atom. The maximum atomic E-state index is 14.1. The van der Waals surface area contributed by atoms with Crippen LogP contribution in [0.1, 0.15) is 24.2 Å². The molecule has 1 aromatic heterocycles. The fourth-order valence-corrected chi connectivity index (χ4v) is 2.07. The van der Waals surface area contributed by atoms with E-state index in [1.807, 2.05) is 37.3 Å². The van der Waals surface area contributed by atoms with Gasteiger partial charge in [-0.05, 0) is 12.0 Å². The van der Waals surface area contributed by atoms with Crippen LogP contribution in [0.25, 0.3) is 0 Å². The molecule has 1 heterocycles. The summed E-state index contributed by atoms with van der Waals surface area (Å²) in [6.07, 6.45) is 1.89. The Balaban J connectivity index is 2.24. The van der Waals surface area contributed by atoms with Gasteiger partial charge < -0.3 is 5.32 Å². The standard InChI is InChI=1S/C14H15ClFN3/c1-2-11-13(16)14(18-9-17-11)19-12(8-15)10-6-4-3-5-7-10/h3-7,9,12H,2,8H2,1H3,(H,17,18,19). The monoisotopic (exact) mass is 279 g/mol. The maximum Gasteiger partial charge on any atom is 0.186 e. The van der Waals surface area contributed by atoms with Crippen molar-refractivity contribution >= 4 is 17.4 Å². The minimum absolute atomic E-state index is 0.183. The average molecular weight is 280 g/mol. The first-order chi connectivity index (χ1) is 9.26. The minimum Gasteiger partial charge on any atom is -0.360 e. The molecule has 19 heavy (non-hydrogen) atoms. The Labute approximate surface area is 116 Å². The smallest absolute Gasteiger partial charge is 0.186 e. The Morgan fingerprint density at radius 1 is 1.26 bits per heavy atom. The van der Waals surface area contributed by atoms with Crippen LogP contribution in [0.15, 0.2) is 36.7 Å². The zero-order valence-electron chi connectivity index (χ0n) is 10.6. The summed E-state index contributed by atoms with van der Waals surface area (Å²) in [6.45, 7) is 1.85. The fraction of sp³-hybridized carbons (Fsp3) is 0.286. The second-order valence-electron chi connectivity index (χ2n) is 4.10. The molecule has 5 heteroatoms. The van der Waals surface area contributed by atoms with Crippen molar-refractivity contribution in [3.05, 3.63) is 53.7 Å². The summed E-state index contributed by atoms with van der Waals surface area (Å²) in [5.41, 5.74) is 1.40. The highest BCUT2D eigenvalue weighted by molar-refractivity contribution is 6.18. The summed E-state index contributed by atoms with van der Waals surface area (Å²) in [5, 5.41) is 3.03. The van der Waals surface area contributed by atoms with Crippen molar-refractivity contribution in [2.24, 2.45) is 0 Å². The molecule has 1 N–H and O–H groups in total. The van der Waals surface area contributed by atoms with Gasteiger partial charge >= 0.3 is 0 Å². The fourth-order valence-electron chi connectivity index (χ4n) is 1.81. The van der Waals surface area contributed by atoms with Gasteiger partial charge in [-0.25, -0.2) is 14.4 Å². The van der Waals surface area contributed by atoms with Gasteiger partial charge in [-0.1, -0.05) is 37.3 Å². The lowest BCUT2D eigenvalue weighted by Crippen LogP contribution is -2.15.